The Morgan fingerprint density at radius 3 is 2.46 bits per heavy atom. The van der Waals surface area contributed by atoms with Crippen molar-refractivity contribution in [2.75, 3.05) is 65.8 Å². The number of benzene rings is 1. The highest BCUT2D eigenvalue weighted by Gasteiger charge is 2.22. The maximum atomic E-state index is 12.4. The van der Waals surface area contributed by atoms with E-state index in [4.69, 9.17) is 4.74 Å². The van der Waals surface area contributed by atoms with Crippen LogP contribution in [0.2, 0.25) is 0 Å². The average molecular weight is 334 g/mol. The molecular weight excluding hydrogens is 308 g/mol. The highest BCUT2D eigenvalue weighted by atomic mass is 16.5. The maximum absolute atomic E-state index is 12.4. The van der Waals surface area contributed by atoms with Gasteiger partial charge in [-0.3, -0.25) is 4.90 Å². The molecule has 7 heteroatoms. The van der Waals surface area contributed by atoms with Crippen molar-refractivity contribution in [1.29, 1.82) is 0 Å². The lowest BCUT2D eigenvalue weighted by molar-refractivity contribution is 0.0602. The van der Waals surface area contributed by atoms with Gasteiger partial charge in [-0.15, -0.1) is 0 Å². The zero-order valence-electron chi connectivity index (χ0n) is 14.6. The summed E-state index contributed by atoms with van der Waals surface area (Å²) in [5.41, 5.74) is 0.836. The second-order valence-corrected chi connectivity index (χ2v) is 6.10. The van der Waals surface area contributed by atoms with Crippen LogP contribution < -0.4 is 5.32 Å². The van der Waals surface area contributed by atoms with Gasteiger partial charge in [0.2, 0.25) is 0 Å². The number of ether oxygens (including phenoxy) is 1. The van der Waals surface area contributed by atoms with Crippen LogP contribution in [0.1, 0.15) is 10.4 Å². The maximum Gasteiger partial charge on any atom is 0.339 e. The quantitative estimate of drug-likeness (QED) is 0.819. The molecule has 132 valence electrons. The van der Waals surface area contributed by atoms with Crippen LogP contribution in [-0.4, -0.2) is 87.2 Å². The van der Waals surface area contributed by atoms with Crippen LogP contribution in [0.3, 0.4) is 0 Å². The van der Waals surface area contributed by atoms with E-state index in [1.54, 1.807) is 29.2 Å². The lowest BCUT2D eigenvalue weighted by Gasteiger charge is -2.35. The number of para-hydroxylation sites is 1. The third-order valence-corrected chi connectivity index (χ3v) is 4.10. The Labute approximate surface area is 143 Å². The van der Waals surface area contributed by atoms with Gasteiger partial charge < -0.3 is 19.9 Å². The van der Waals surface area contributed by atoms with Crippen molar-refractivity contribution < 1.29 is 14.3 Å². The Morgan fingerprint density at radius 2 is 1.83 bits per heavy atom. The molecule has 0 bridgehead atoms. The fourth-order valence-corrected chi connectivity index (χ4v) is 2.59. The first-order valence-corrected chi connectivity index (χ1v) is 8.11. The van der Waals surface area contributed by atoms with Crippen molar-refractivity contribution in [3.63, 3.8) is 0 Å². The van der Waals surface area contributed by atoms with E-state index in [1.807, 2.05) is 0 Å². The van der Waals surface area contributed by atoms with Gasteiger partial charge in [0.15, 0.2) is 0 Å². The number of hydrogen-bond donors (Lipinski definition) is 1. The van der Waals surface area contributed by atoms with Crippen LogP contribution >= 0.6 is 0 Å². The van der Waals surface area contributed by atoms with Gasteiger partial charge in [0.05, 0.1) is 18.4 Å². The number of methoxy groups -OCH3 is 1. The molecule has 0 saturated carbocycles. The van der Waals surface area contributed by atoms with Gasteiger partial charge in [-0.05, 0) is 26.2 Å². The number of hydrogen-bond acceptors (Lipinski definition) is 5. The monoisotopic (exact) mass is 334 g/mol. The summed E-state index contributed by atoms with van der Waals surface area (Å²) in [5, 5.41) is 2.82. The molecule has 2 rings (SSSR count). The number of amides is 2. The van der Waals surface area contributed by atoms with E-state index in [9.17, 15) is 9.59 Å². The predicted octanol–water partition coefficient (Wildman–Crippen LogP) is 1.18. The molecule has 0 spiro atoms. The molecule has 1 aromatic carbocycles. The summed E-state index contributed by atoms with van der Waals surface area (Å²) in [6.07, 6.45) is 0. The molecule has 0 aliphatic carbocycles. The number of rotatable bonds is 5. The second kappa shape index (κ2) is 8.65. The first-order chi connectivity index (χ1) is 11.5. The van der Waals surface area contributed by atoms with E-state index in [1.165, 1.54) is 7.11 Å². The van der Waals surface area contributed by atoms with E-state index in [0.29, 0.717) is 24.3 Å². The molecule has 0 atom stereocenters. The van der Waals surface area contributed by atoms with Crippen molar-refractivity contribution in [2.24, 2.45) is 0 Å². The van der Waals surface area contributed by atoms with E-state index < -0.39 is 5.97 Å². The lowest BCUT2D eigenvalue weighted by Crippen LogP contribution is -2.51. The largest absolute Gasteiger partial charge is 0.465 e. The number of piperazine rings is 1. The SMILES string of the molecule is COC(=O)c1ccccc1NC(=O)N1CCN(CCN(C)C)CC1. The molecular formula is C17H26N4O3. The third-order valence-electron chi connectivity index (χ3n) is 4.10. The fraction of sp³-hybridized carbons (Fsp3) is 0.529. The Balaban J connectivity index is 1.89. The number of nitrogens with one attached hydrogen (secondary N) is 1. The highest BCUT2D eigenvalue weighted by Crippen LogP contribution is 2.17. The summed E-state index contributed by atoms with van der Waals surface area (Å²) in [4.78, 5) is 30.5. The molecule has 1 fully saturated rings. The minimum Gasteiger partial charge on any atom is -0.465 e. The van der Waals surface area contributed by atoms with Gasteiger partial charge in [-0.25, -0.2) is 9.59 Å². The number of carbonyl (C=O) groups is 2. The zero-order chi connectivity index (χ0) is 17.5. The molecule has 1 saturated heterocycles. The zero-order valence-corrected chi connectivity index (χ0v) is 14.6. The topological polar surface area (TPSA) is 65.1 Å². The summed E-state index contributed by atoms with van der Waals surface area (Å²) in [7, 11) is 5.44. The lowest BCUT2D eigenvalue weighted by atomic mass is 10.2. The van der Waals surface area contributed by atoms with E-state index >= 15 is 0 Å². The van der Waals surface area contributed by atoms with Crippen LogP contribution in [0.25, 0.3) is 0 Å². The number of likely N-dealkylation sites (N-methyl/N-ethyl adjacent to an activating group) is 1. The number of nitrogens with zero attached hydrogens (tertiary/aromatic N) is 3. The summed E-state index contributed by atoms with van der Waals surface area (Å²) in [6, 6.07) is 6.68. The van der Waals surface area contributed by atoms with Crippen molar-refractivity contribution in [1.82, 2.24) is 14.7 Å². The Bertz CT molecular complexity index is 569. The molecule has 0 aromatic heterocycles. The molecule has 24 heavy (non-hydrogen) atoms. The minimum atomic E-state index is -0.459. The Morgan fingerprint density at radius 1 is 1.17 bits per heavy atom. The number of carbonyl (C=O) groups excluding carboxylic acids is 2. The van der Waals surface area contributed by atoms with Crippen LogP contribution in [0.4, 0.5) is 10.5 Å². The fourth-order valence-electron chi connectivity index (χ4n) is 2.59. The summed E-state index contributed by atoms with van der Waals surface area (Å²) < 4.78 is 4.75. The van der Waals surface area contributed by atoms with Crippen molar-refractivity contribution in [2.45, 2.75) is 0 Å². The normalized spacial score (nSPS) is 15.4. The standard InChI is InChI=1S/C17H26N4O3/c1-19(2)8-9-20-10-12-21(13-11-20)17(23)18-15-7-5-4-6-14(15)16(22)24-3/h4-7H,8-13H2,1-3H3,(H,18,23). The molecule has 1 aromatic rings. The summed E-state index contributed by atoms with van der Waals surface area (Å²) in [5.74, 6) is -0.459. The Hall–Kier alpha value is -2.12. The first-order valence-electron chi connectivity index (χ1n) is 8.11. The van der Waals surface area contributed by atoms with E-state index in [-0.39, 0.29) is 6.03 Å². The van der Waals surface area contributed by atoms with Crippen LogP contribution in [0, 0.1) is 0 Å². The molecule has 1 heterocycles. The molecule has 1 aliphatic heterocycles. The van der Waals surface area contributed by atoms with Gasteiger partial charge in [0.1, 0.15) is 0 Å². The van der Waals surface area contributed by atoms with Crippen LogP contribution in [-0.2, 0) is 4.74 Å². The molecule has 0 radical (unpaired) electrons. The summed E-state index contributed by atoms with van der Waals surface area (Å²) >= 11 is 0. The van der Waals surface area contributed by atoms with Crippen molar-refractivity contribution >= 4 is 17.7 Å². The average Bonchev–Trinajstić information content (AvgIpc) is 2.60. The van der Waals surface area contributed by atoms with Gasteiger partial charge in [-0.2, -0.15) is 0 Å². The van der Waals surface area contributed by atoms with Gasteiger partial charge in [0, 0.05) is 39.3 Å². The molecule has 1 aliphatic rings. The minimum absolute atomic E-state index is 0.182. The number of esters is 1. The molecule has 0 unspecified atom stereocenters. The van der Waals surface area contributed by atoms with Crippen LogP contribution in [0.15, 0.2) is 24.3 Å². The number of anilines is 1. The molecule has 1 N–H and O–H groups in total. The highest BCUT2D eigenvalue weighted by molar-refractivity contribution is 6.00. The van der Waals surface area contributed by atoms with Gasteiger partial charge in [0.25, 0.3) is 0 Å². The van der Waals surface area contributed by atoms with Gasteiger partial charge in [-0.1, -0.05) is 12.1 Å². The van der Waals surface area contributed by atoms with Crippen molar-refractivity contribution in [3.8, 4) is 0 Å². The number of urea groups is 1. The second-order valence-electron chi connectivity index (χ2n) is 6.10. The molecule has 2 amide bonds. The van der Waals surface area contributed by atoms with E-state index in [2.05, 4.69) is 29.2 Å². The molecule has 7 nitrogen and oxygen atoms in total. The third kappa shape index (κ3) is 4.94. The summed E-state index contributed by atoms with van der Waals surface area (Å²) in [6.45, 7) is 5.10. The van der Waals surface area contributed by atoms with Crippen molar-refractivity contribution in [3.05, 3.63) is 29.8 Å². The van der Waals surface area contributed by atoms with Gasteiger partial charge >= 0.3 is 12.0 Å². The van der Waals surface area contributed by atoms with E-state index in [0.717, 1.165) is 26.2 Å². The smallest absolute Gasteiger partial charge is 0.339 e. The van der Waals surface area contributed by atoms with Crippen LogP contribution in [0.5, 0.6) is 0 Å². The Kier molecular flexibility index (Phi) is 6.57. The first kappa shape index (κ1) is 18.2. The predicted molar refractivity (Wildman–Crippen MR) is 93.4 cm³/mol.